The average molecular weight is 376 g/mol. The molecule has 9 heteroatoms. The summed E-state index contributed by atoms with van der Waals surface area (Å²) in [5, 5.41) is 13.8. The number of methoxy groups -OCH3 is 1. The highest BCUT2D eigenvalue weighted by Gasteiger charge is 2.20. The lowest BCUT2D eigenvalue weighted by molar-refractivity contribution is 0.402. The van der Waals surface area contributed by atoms with E-state index in [1.54, 1.807) is 11.6 Å². The summed E-state index contributed by atoms with van der Waals surface area (Å²) in [6.45, 7) is 5.50. The number of aromatic nitrogens is 6. The number of aryl methyl sites for hydroxylation is 1. The van der Waals surface area contributed by atoms with E-state index in [2.05, 4.69) is 47.2 Å². The summed E-state index contributed by atoms with van der Waals surface area (Å²) in [6.07, 6.45) is 1.53. The SMILES string of the molecule is COc1ncnc2ccc(N3CCN(c4ccc5nnc(C)n5n4)CC3)cc12. The zero-order chi connectivity index (χ0) is 19.1. The maximum absolute atomic E-state index is 5.38. The highest BCUT2D eigenvalue weighted by Crippen LogP contribution is 2.27. The Morgan fingerprint density at radius 3 is 2.57 bits per heavy atom. The monoisotopic (exact) mass is 376 g/mol. The molecule has 1 fully saturated rings. The summed E-state index contributed by atoms with van der Waals surface area (Å²) >= 11 is 0. The fourth-order valence-electron chi connectivity index (χ4n) is 3.63. The highest BCUT2D eigenvalue weighted by molar-refractivity contribution is 5.86. The minimum atomic E-state index is 0.604. The summed E-state index contributed by atoms with van der Waals surface area (Å²) < 4.78 is 7.17. The van der Waals surface area contributed by atoms with E-state index >= 15 is 0 Å². The topological polar surface area (TPSA) is 84.6 Å². The maximum Gasteiger partial charge on any atom is 0.224 e. The predicted octanol–water partition coefficient (Wildman–Crippen LogP) is 1.71. The van der Waals surface area contributed by atoms with Gasteiger partial charge in [-0.25, -0.2) is 9.97 Å². The molecule has 0 radical (unpaired) electrons. The smallest absolute Gasteiger partial charge is 0.224 e. The molecule has 0 amide bonds. The van der Waals surface area contributed by atoms with Gasteiger partial charge in [-0.2, -0.15) is 4.52 Å². The Kier molecular flexibility index (Phi) is 3.92. The van der Waals surface area contributed by atoms with Gasteiger partial charge in [0.2, 0.25) is 5.88 Å². The van der Waals surface area contributed by atoms with Crippen LogP contribution in [-0.2, 0) is 0 Å². The number of anilines is 2. The van der Waals surface area contributed by atoms with Gasteiger partial charge in [-0.15, -0.1) is 15.3 Å². The van der Waals surface area contributed by atoms with E-state index in [9.17, 15) is 0 Å². The van der Waals surface area contributed by atoms with Gasteiger partial charge in [0.05, 0.1) is 18.0 Å². The first kappa shape index (κ1) is 16.7. The second-order valence-electron chi connectivity index (χ2n) is 6.77. The van der Waals surface area contributed by atoms with Gasteiger partial charge in [-0.05, 0) is 37.3 Å². The van der Waals surface area contributed by atoms with Gasteiger partial charge in [-0.1, -0.05) is 0 Å². The Hall–Kier alpha value is -3.49. The number of fused-ring (bicyclic) bond motifs is 2. The third-order valence-electron chi connectivity index (χ3n) is 5.15. The van der Waals surface area contributed by atoms with Crippen LogP contribution in [0.5, 0.6) is 5.88 Å². The molecule has 1 aliphatic heterocycles. The van der Waals surface area contributed by atoms with Crippen molar-refractivity contribution in [3.63, 3.8) is 0 Å². The normalized spacial score (nSPS) is 14.8. The summed E-state index contributed by atoms with van der Waals surface area (Å²) in [5.41, 5.74) is 2.81. The van der Waals surface area contributed by atoms with E-state index in [-0.39, 0.29) is 0 Å². The van der Waals surface area contributed by atoms with Crippen molar-refractivity contribution in [2.75, 3.05) is 43.1 Å². The second-order valence-corrected chi connectivity index (χ2v) is 6.77. The summed E-state index contributed by atoms with van der Waals surface area (Å²) in [4.78, 5) is 13.2. The van der Waals surface area contributed by atoms with Crippen LogP contribution < -0.4 is 14.5 Å². The van der Waals surface area contributed by atoms with Crippen LogP contribution in [0, 0.1) is 6.92 Å². The van der Waals surface area contributed by atoms with Gasteiger partial charge in [0, 0.05) is 31.9 Å². The number of ether oxygens (including phenoxy) is 1. The minimum absolute atomic E-state index is 0.604. The lowest BCUT2D eigenvalue weighted by atomic mass is 10.2. The zero-order valence-corrected chi connectivity index (χ0v) is 15.8. The van der Waals surface area contributed by atoms with Crippen LogP contribution in [0.4, 0.5) is 11.5 Å². The van der Waals surface area contributed by atoms with Crippen LogP contribution in [-0.4, -0.2) is 63.1 Å². The van der Waals surface area contributed by atoms with Crippen LogP contribution in [0.25, 0.3) is 16.6 Å². The van der Waals surface area contributed by atoms with Crippen molar-refractivity contribution in [2.45, 2.75) is 6.92 Å². The number of piperazine rings is 1. The standard InChI is InChI=1S/C19H20N8O/c1-13-22-23-17-5-6-18(24-27(13)17)26-9-7-25(8-10-26)14-3-4-16-15(11-14)19(28-2)21-12-20-16/h3-6,11-12H,7-10H2,1-2H3. The van der Waals surface area contributed by atoms with Crippen molar-refractivity contribution in [1.82, 2.24) is 29.8 Å². The van der Waals surface area contributed by atoms with Crippen molar-refractivity contribution >= 4 is 28.1 Å². The van der Waals surface area contributed by atoms with E-state index in [0.29, 0.717) is 5.88 Å². The molecule has 4 heterocycles. The van der Waals surface area contributed by atoms with Crippen LogP contribution in [0.15, 0.2) is 36.7 Å². The third kappa shape index (κ3) is 2.75. The van der Waals surface area contributed by atoms with E-state index < -0.39 is 0 Å². The quantitative estimate of drug-likeness (QED) is 0.534. The van der Waals surface area contributed by atoms with Crippen LogP contribution in [0.2, 0.25) is 0 Å². The molecule has 4 aromatic rings. The Labute approximate surface area is 161 Å². The van der Waals surface area contributed by atoms with Crippen LogP contribution in [0.3, 0.4) is 0 Å². The second kappa shape index (κ2) is 6.59. The first-order chi connectivity index (χ1) is 13.7. The molecule has 1 aromatic carbocycles. The molecule has 0 unspecified atom stereocenters. The maximum atomic E-state index is 5.38. The van der Waals surface area contributed by atoms with Crippen molar-refractivity contribution in [1.29, 1.82) is 0 Å². The summed E-state index contributed by atoms with van der Waals surface area (Å²) in [5.74, 6) is 2.35. The molecule has 0 bridgehead atoms. The van der Waals surface area contributed by atoms with Crippen molar-refractivity contribution < 1.29 is 4.74 Å². The summed E-state index contributed by atoms with van der Waals surface area (Å²) in [7, 11) is 1.63. The first-order valence-corrected chi connectivity index (χ1v) is 9.20. The first-order valence-electron chi connectivity index (χ1n) is 9.20. The molecule has 3 aromatic heterocycles. The van der Waals surface area contributed by atoms with Gasteiger partial charge in [0.1, 0.15) is 12.1 Å². The number of benzene rings is 1. The molecule has 0 aliphatic carbocycles. The van der Waals surface area contributed by atoms with Crippen molar-refractivity contribution in [3.05, 3.63) is 42.5 Å². The van der Waals surface area contributed by atoms with Gasteiger partial charge in [-0.3, -0.25) is 0 Å². The van der Waals surface area contributed by atoms with Crippen LogP contribution in [0.1, 0.15) is 5.82 Å². The molecular weight excluding hydrogens is 356 g/mol. The molecule has 28 heavy (non-hydrogen) atoms. The van der Waals surface area contributed by atoms with Crippen molar-refractivity contribution in [3.8, 4) is 5.88 Å². The van der Waals surface area contributed by atoms with Gasteiger partial charge in [0.15, 0.2) is 11.5 Å². The fourth-order valence-corrected chi connectivity index (χ4v) is 3.63. The average Bonchev–Trinajstić information content (AvgIpc) is 3.13. The molecule has 5 rings (SSSR count). The third-order valence-corrected chi connectivity index (χ3v) is 5.15. The van der Waals surface area contributed by atoms with Gasteiger partial charge >= 0.3 is 0 Å². The van der Waals surface area contributed by atoms with Gasteiger partial charge < -0.3 is 14.5 Å². The molecule has 1 aliphatic rings. The zero-order valence-electron chi connectivity index (χ0n) is 15.8. The van der Waals surface area contributed by atoms with E-state index in [1.807, 2.05) is 25.1 Å². The number of rotatable bonds is 3. The highest BCUT2D eigenvalue weighted by atomic mass is 16.5. The molecule has 9 nitrogen and oxygen atoms in total. The van der Waals surface area contributed by atoms with Crippen molar-refractivity contribution in [2.24, 2.45) is 0 Å². The Morgan fingerprint density at radius 1 is 0.929 bits per heavy atom. The Bertz CT molecular complexity index is 1150. The lowest BCUT2D eigenvalue weighted by Crippen LogP contribution is -2.47. The molecule has 0 atom stereocenters. The van der Waals surface area contributed by atoms with Gasteiger partial charge in [0.25, 0.3) is 0 Å². The lowest BCUT2D eigenvalue weighted by Gasteiger charge is -2.36. The molecule has 0 saturated carbocycles. The fraction of sp³-hybridized carbons (Fsp3) is 0.316. The molecule has 142 valence electrons. The molecule has 0 N–H and O–H groups in total. The Morgan fingerprint density at radius 2 is 1.75 bits per heavy atom. The van der Waals surface area contributed by atoms with E-state index in [1.165, 1.54) is 6.33 Å². The number of hydrogen-bond donors (Lipinski definition) is 0. The number of nitrogens with zero attached hydrogens (tertiary/aromatic N) is 8. The predicted molar refractivity (Wildman–Crippen MR) is 106 cm³/mol. The molecular formula is C19H20N8O. The molecule has 0 spiro atoms. The Balaban J connectivity index is 1.36. The minimum Gasteiger partial charge on any atom is -0.480 e. The molecule has 1 saturated heterocycles. The largest absolute Gasteiger partial charge is 0.480 e. The summed E-state index contributed by atoms with van der Waals surface area (Å²) in [6, 6.07) is 10.2. The van der Waals surface area contributed by atoms with Crippen LogP contribution >= 0.6 is 0 Å². The number of hydrogen-bond acceptors (Lipinski definition) is 8. The van der Waals surface area contributed by atoms with E-state index in [4.69, 9.17) is 4.74 Å². The van der Waals surface area contributed by atoms with E-state index in [0.717, 1.165) is 60.1 Å².